The van der Waals surface area contributed by atoms with Gasteiger partial charge in [-0.25, -0.2) is 0 Å². The fourth-order valence-electron chi connectivity index (χ4n) is 3.49. The summed E-state index contributed by atoms with van der Waals surface area (Å²) < 4.78 is 6.23. The van der Waals surface area contributed by atoms with E-state index in [0.717, 1.165) is 37.5 Å². The van der Waals surface area contributed by atoms with Crippen LogP contribution in [0.25, 0.3) is 0 Å². The van der Waals surface area contributed by atoms with E-state index in [-0.39, 0.29) is 0 Å². The first-order valence-electron chi connectivity index (χ1n) is 8.64. The minimum absolute atomic E-state index is 0.441. The molecule has 0 bridgehead atoms. The van der Waals surface area contributed by atoms with Crippen LogP contribution in [-0.2, 0) is 4.74 Å². The van der Waals surface area contributed by atoms with Crippen LogP contribution in [0.3, 0.4) is 0 Å². The van der Waals surface area contributed by atoms with Gasteiger partial charge in [0.05, 0.1) is 12.2 Å². The third-order valence-corrected chi connectivity index (χ3v) is 4.81. The third kappa shape index (κ3) is 5.01. The second kappa shape index (κ2) is 7.77. The molecule has 4 unspecified atom stereocenters. The van der Waals surface area contributed by atoms with Crippen LogP contribution in [0.2, 0.25) is 0 Å². The summed E-state index contributed by atoms with van der Waals surface area (Å²) in [7, 11) is 0. The first-order chi connectivity index (χ1) is 9.54. The number of piperidine rings is 1. The van der Waals surface area contributed by atoms with E-state index in [1.54, 1.807) is 0 Å². The Morgan fingerprint density at radius 1 is 1.10 bits per heavy atom. The van der Waals surface area contributed by atoms with Crippen molar-refractivity contribution >= 4 is 0 Å². The molecule has 0 saturated carbocycles. The number of hydrogen-bond acceptors (Lipinski definition) is 3. The molecule has 2 aliphatic heterocycles. The summed E-state index contributed by atoms with van der Waals surface area (Å²) in [6, 6.07) is 0.743. The Morgan fingerprint density at radius 2 is 1.85 bits per heavy atom. The molecule has 4 atom stereocenters. The first-order valence-corrected chi connectivity index (χ1v) is 8.64. The Labute approximate surface area is 125 Å². The van der Waals surface area contributed by atoms with Gasteiger partial charge in [-0.1, -0.05) is 20.8 Å². The highest BCUT2D eigenvalue weighted by Gasteiger charge is 2.30. The van der Waals surface area contributed by atoms with Gasteiger partial charge < -0.3 is 10.1 Å². The zero-order valence-corrected chi connectivity index (χ0v) is 13.9. The molecule has 0 aromatic heterocycles. The van der Waals surface area contributed by atoms with E-state index < -0.39 is 0 Å². The summed E-state index contributed by atoms with van der Waals surface area (Å²) in [4.78, 5) is 2.66. The molecule has 0 aromatic rings. The molecule has 3 heteroatoms. The molecule has 3 nitrogen and oxygen atoms in total. The molecule has 118 valence electrons. The van der Waals surface area contributed by atoms with Crippen molar-refractivity contribution in [2.24, 2.45) is 11.8 Å². The Morgan fingerprint density at radius 3 is 2.60 bits per heavy atom. The predicted octanol–water partition coefficient (Wildman–Crippen LogP) is 2.90. The van der Waals surface area contributed by atoms with E-state index >= 15 is 0 Å². The zero-order valence-electron chi connectivity index (χ0n) is 13.9. The monoisotopic (exact) mass is 282 g/mol. The topological polar surface area (TPSA) is 24.5 Å². The molecule has 1 N–H and O–H groups in total. The molecule has 2 saturated heterocycles. The van der Waals surface area contributed by atoms with Crippen LogP contribution in [0.15, 0.2) is 0 Å². The predicted molar refractivity (Wildman–Crippen MR) is 85.0 cm³/mol. The average Bonchev–Trinajstić information content (AvgIpc) is 2.81. The lowest BCUT2D eigenvalue weighted by molar-refractivity contribution is 0.00355. The van der Waals surface area contributed by atoms with Gasteiger partial charge in [0.1, 0.15) is 0 Å². The Bertz CT molecular complexity index is 282. The maximum atomic E-state index is 6.23. The van der Waals surface area contributed by atoms with Gasteiger partial charge in [0.2, 0.25) is 0 Å². The Kier molecular flexibility index (Phi) is 6.31. The van der Waals surface area contributed by atoms with Crippen LogP contribution in [0, 0.1) is 11.8 Å². The summed E-state index contributed by atoms with van der Waals surface area (Å²) in [5.41, 5.74) is 0. The van der Waals surface area contributed by atoms with Crippen LogP contribution in [0.1, 0.15) is 53.4 Å². The molecule has 0 aromatic carbocycles. The number of likely N-dealkylation sites (tertiary alicyclic amines) is 1. The van der Waals surface area contributed by atoms with Gasteiger partial charge in [0, 0.05) is 25.7 Å². The largest absolute Gasteiger partial charge is 0.372 e. The molecule has 0 amide bonds. The quantitative estimate of drug-likeness (QED) is 0.811. The number of ether oxygens (including phenoxy) is 1. The van der Waals surface area contributed by atoms with Crippen LogP contribution < -0.4 is 5.32 Å². The Balaban J connectivity index is 1.67. The number of rotatable bonds is 6. The summed E-state index contributed by atoms with van der Waals surface area (Å²) in [5, 5.41) is 3.53. The van der Waals surface area contributed by atoms with Gasteiger partial charge >= 0.3 is 0 Å². The van der Waals surface area contributed by atoms with Crippen molar-refractivity contribution < 1.29 is 4.74 Å². The minimum atomic E-state index is 0.441. The van der Waals surface area contributed by atoms with Crippen LogP contribution in [0.4, 0.5) is 0 Å². The van der Waals surface area contributed by atoms with E-state index in [1.807, 2.05) is 0 Å². The standard InChI is InChI=1S/C17H34N2O/c1-13(2)9-18-10-16-7-8-17(20-16)12-19-11-14(3)5-6-15(19)4/h13-18H,5-12H2,1-4H3. The zero-order chi connectivity index (χ0) is 14.5. The highest BCUT2D eigenvalue weighted by molar-refractivity contribution is 4.83. The second-order valence-electron chi connectivity index (χ2n) is 7.49. The number of nitrogens with zero attached hydrogens (tertiary/aromatic N) is 1. The summed E-state index contributed by atoms with van der Waals surface area (Å²) >= 11 is 0. The van der Waals surface area contributed by atoms with Crippen molar-refractivity contribution in [3.05, 3.63) is 0 Å². The lowest BCUT2D eigenvalue weighted by atomic mass is 9.94. The smallest absolute Gasteiger partial charge is 0.0707 e. The first kappa shape index (κ1) is 16.3. The number of hydrogen-bond donors (Lipinski definition) is 1. The van der Waals surface area contributed by atoms with Crippen molar-refractivity contribution in [1.82, 2.24) is 10.2 Å². The van der Waals surface area contributed by atoms with Crippen LogP contribution >= 0.6 is 0 Å². The molecule has 0 radical (unpaired) electrons. The van der Waals surface area contributed by atoms with Crippen molar-refractivity contribution in [3.8, 4) is 0 Å². The molecule has 20 heavy (non-hydrogen) atoms. The SMILES string of the molecule is CC(C)CNCC1CCC(CN2CC(C)CCC2C)O1. The fraction of sp³-hybridized carbons (Fsp3) is 1.00. The van der Waals surface area contributed by atoms with Crippen molar-refractivity contribution in [2.45, 2.75) is 71.6 Å². The van der Waals surface area contributed by atoms with E-state index in [9.17, 15) is 0 Å². The summed E-state index contributed by atoms with van der Waals surface area (Å²) in [6.07, 6.45) is 6.13. The molecule has 2 heterocycles. The van der Waals surface area contributed by atoms with Gasteiger partial charge in [-0.05, 0) is 51.0 Å². The van der Waals surface area contributed by atoms with Crippen LogP contribution in [-0.4, -0.2) is 49.3 Å². The molecular weight excluding hydrogens is 248 g/mol. The van der Waals surface area contributed by atoms with Gasteiger partial charge in [-0.3, -0.25) is 4.90 Å². The minimum Gasteiger partial charge on any atom is -0.372 e. The van der Waals surface area contributed by atoms with Gasteiger partial charge in [0.15, 0.2) is 0 Å². The molecule has 2 rings (SSSR count). The van der Waals surface area contributed by atoms with Gasteiger partial charge in [0.25, 0.3) is 0 Å². The van der Waals surface area contributed by atoms with Crippen molar-refractivity contribution in [2.75, 3.05) is 26.2 Å². The molecular formula is C17H34N2O. The van der Waals surface area contributed by atoms with E-state index in [0.29, 0.717) is 12.2 Å². The second-order valence-corrected chi connectivity index (χ2v) is 7.49. The highest BCUT2D eigenvalue weighted by atomic mass is 16.5. The maximum absolute atomic E-state index is 6.23. The molecule has 0 spiro atoms. The molecule has 2 aliphatic rings. The summed E-state index contributed by atoms with van der Waals surface area (Å²) in [5.74, 6) is 1.58. The lowest BCUT2D eigenvalue weighted by Crippen LogP contribution is -2.45. The van der Waals surface area contributed by atoms with Crippen molar-refractivity contribution in [3.63, 3.8) is 0 Å². The van der Waals surface area contributed by atoms with Gasteiger partial charge in [-0.15, -0.1) is 0 Å². The number of nitrogens with one attached hydrogen (secondary N) is 1. The highest BCUT2D eigenvalue weighted by Crippen LogP contribution is 2.25. The fourth-order valence-corrected chi connectivity index (χ4v) is 3.49. The molecule has 0 aliphatic carbocycles. The summed E-state index contributed by atoms with van der Waals surface area (Å²) in [6.45, 7) is 13.8. The maximum Gasteiger partial charge on any atom is 0.0707 e. The average molecular weight is 282 g/mol. The Hall–Kier alpha value is -0.120. The van der Waals surface area contributed by atoms with E-state index in [2.05, 4.69) is 37.9 Å². The third-order valence-electron chi connectivity index (χ3n) is 4.81. The van der Waals surface area contributed by atoms with E-state index in [4.69, 9.17) is 4.74 Å². The van der Waals surface area contributed by atoms with Gasteiger partial charge in [-0.2, -0.15) is 0 Å². The molecule has 2 fully saturated rings. The van der Waals surface area contributed by atoms with E-state index in [1.165, 1.54) is 32.2 Å². The van der Waals surface area contributed by atoms with Crippen molar-refractivity contribution in [1.29, 1.82) is 0 Å². The van der Waals surface area contributed by atoms with Crippen LogP contribution in [0.5, 0.6) is 0 Å². The lowest BCUT2D eigenvalue weighted by Gasteiger charge is -2.38. The normalized spacial score (nSPS) is 35.9.